The first-order valence-electron chi connectivity index (χ1n) is 8.49. The Hall–Kier alpha value is -3.41. The van der Waals surface area contributed by atoms with Gasteiger partial charge in [0.05, 0.1) is 6.04 Å². The number of pyridine rings is 1. The van der Waals surface area contributed by atoms with Gasteiger partial charge in [0.15, 0.2) is 11.8 Å². The van der Waals surface area contributed by atoms with Gasteiger partial charge < -0.3 is 9.88 Å². The molecule has 0 aliphatic heterocycles. The fraction of sp³-hybridized carbons (Fsp3) is 0.150. The van der Waals surface area contributed by atoms with E-state index in [0.29, 0.717) is 0 Å². The maximum absolute atomic E-state index is 12.6. The molecule has 3 N–H and O–H groups in total. The van der Waals surface area contributed by atoms with Crippen LogP contribution in [0.2, 0.25) is 0 Å². The summed E-state index contributed by atoms with van der Waals surface area (Å²) in [6, 6.07) is 12.1. The van der Waals surface area contributed by atoms with Crippen LogP contribution in [0.1, 0.15) is 24.2 Å². The van der Waals surface area contributed by atoms with Crippen LogP contribution in [0.25, 0.3) is 28.1 Å². The molecule has 0 aliphatic carbocycles. The quantitative estimate of drug-likeness (QED) is 0.557. The van der Waals surface area contributed by atoms with Gasteiger partial charge in [-0.05, 0) is 36.6 Å². The Morgan fingerprint density at radius 2 is 2.12 bits per heavy atom. The summed E-state index contributed by atoms with van der Waals surface area (Å²) < 4.78 is 0. The molecule has 0 fully saturated rings. The second kappa shape index (κ2) is 6.48. The number of likely N-dealkylation sites (N-methyl/N-ethyl adjacent to an activating group) is 1. The third-order valence-corrected chi connectivity index (χ3v) is 4.69. The summed E-state index contributed by atoms with van der Waals surface area (Å²) in [4.78, 5) is 28.0. The minimum absolute atomic E-state index is 0.0573. The van der Waals surface area contributed by atoms with Gasteiger partial charge in [-0.25, -0.2) is 4.98 Å². The number of H-pyrrole nitrogens is 3. The average Bonchev–Trinajstić information content (AvgIpc) is 3.30. The van der Waals surface area contributed by atoms with Crippen LogP contribution in [0, 0.1) is 0 Å². The zero-order chi connectivity index (χ0) is 18.1. The molecule has 6 heteroatoms. The molecule has 130 valence electrons. The first-order chi connectivity index (χ1) is 12.6. The van der Waals surface area contributed by atoms with Crippen molar-refractivity contribution in [3.8, 4) is 0 Å². The third kappa shape index (κ3) is 2.97. The van der Waals surface area contributed by atoms with E-state index in [4.69, 9.17) is 0 Å². The van der Waals surface area contributed by atoms with Crippen molar-refractivity contribution in [2.24, 2.45) is 0 Å². The molecule has 0 radical (unpaired) electrons. The van der Waals surface area contributed by atoms with E-state index >= 15 is 0 Å². The molecule has 1 amide bonds. The zero-order valence-corrected chi connectivity index (χ0v) is 14.7. The molecule has 26 heavy (non-hydrogen) atoms. The minimum atomic E-state index is -0.0608. The van der Waals surface area contributed by atoms with Gasteiger partial charge >= 0.3 is 0 Å². The Kier molecular flexibility index (Phi) is 4.01. The van der Waals surface area contributed by atoms with Crippen molar-refractivity contribution in [3.63, 3.8) is 0 Å². The van der Waals surface area contributed by atoms with E-state index in [2.05, 4.69) is 32.1 Å². The van der Waals surface area contributed by atoms with Crippen molar-refractivity contribution < 1.29 is 9.78 Å². The predicted molar refractivity (Wildman–Crippen MR) is 101 cm³/mol. The number of para-hydroxylation sites is 1. The van der Waals surface area contributed by atoms with Crippen LogP contribution in [-0.2, 0) is 4.79 Å². The largest absolute Gasteiger partial charge is 0.357 e. The predicted octanol–water partition coefficient (Wildman–Crippen LogP) is 3.09. The Labute approximate surface area is 150 Å². The molecule has 0 spiro atoms. The normalized spacial score (nSPS) is 12.8. The monoisotopic (exact) mass is 346 g/mol. The van der Waals surface area contributed by atoms with Crippen LogP contribution in [0.15, 0.2) is 55.0 Å². The lowest BCUT2D eigenvalue weighted by molar-refractivity contribution is -0.347. The van der Waals surface area contributed by atoms with Gasteiger partial charge in [0.2, 0.25) is 5.91 Å². The molecule has 0 saturated heterocycles. The summed E-state index contributed by atoms with van der Waals surface area (Å²) >= 11 is 0. The molecule has 1 unspecified atom stereocenters. The second-order valence-corrected chi connectivity index (χ2v) is 6.37. The van der Waals surface area contributed by atoms with Crippen molar-refractivity contribution in [2.45, 2.75) is 13.0 Å². The van der Waals surface area contributed by atoms with Crippen LogP contribution < -0.4 is 4.98 Å². The van der Waals surface area contributed by atoms with Gasteiger partial charge in [0.25, 0.3) is 5.65 Å². The SMILES string of the molecule is CC(c1cc2ccccc2[nH]1)N(C)C(=O)C=Cc1cnc2[nH+]c[nH]c2c1. The highest BCUT2D eigenvalue weighted by atomic mass is 16.2. The number of benzene rings is 1. The number of nitrogens with zero attached hydrogens (tertiary/aromatic N) is 2. The van der Waals surface area contributed by atoms with Gasteiger partial charge in [0.1, 0.15) is 6.20 Å². The highest BCUT2D eigenvalue weighted by Crippen LogP contribution is 2.23. The van der Waals surface area contributed by atoms with Crippen LogP contribution >= 0.6 is 0 Å². The number of hydrogen-bond donors (Lipinski definition) is 2. The summed E-state index contributed by atoms with van der Waals surface area (Å²) in [7, 11) is 1.81. The number of carbonyl (C=O) groups is 1. The average molecular weight is 346 g/mol. The van der Waals surface area contributed by atoms with Crippen LogP contribution in [0.4, 0.5) is 0 Å². The standard InChI is InChI=1S/C20H19N5O/c1-13(17-10-15-5-3-4-6-16(15)24-17)25(2)19(26)8-7-14-9-18-20(21-11-14)23-12-22-18/h3-13,24H,1-2H3,(H,21,22,23)/p+1. The summed E-state index contributed by atoms with van der Waals surface area (Å²) in [5, 5.41) is 1.15. The van der Waals surface area contributed by atoms with Gasteiger partial charge in [0, 0.05) is 29.9 Å². The molecule has 3 heterocycles. The number of amides is 1. The number of rotatable bonds is 4. The fourth-order valence-electron chi connectivity index (χ4n) is 2.98. The maximum Gasteiger partial charge on any atom is 0.299 e. The second-order valence-electron chi connectivity index (χ2n) is 6.37. The van der Waals surface area contributed by atoms with Gasteiger partial charge in [-0.3, -0.25) is 9.78 Å². The van der Waals surface area contributed by atoms with Crippen molar-refractivity contribution >= 4 is 34.1 Å². The lowest BCUT2D eigenvalue weighted by atomic mass is 10.2. The summed E-state index contributed by atoms with van der Waals surface area (Å²) in [6.07, 6.45) is 6.82. The van der Waals surface area contributed by atoms with Gasteiger partial charge in [-0.2, -0.15) is 0 Å². The highest BCUT2D eigenvalue weighted by molar-refractivity contribution is 5.92. The smallest absolute Gasteiger partial charge is 0.299 e. The molecule has 4 rings (SSSR count). The van der Waals surface area contributed by atoms with E-state index in [1.807, 2.05) is 38.2 Å². The van der Waals surface area contributed by atoms with Crippen LogP contribution in [0.3, 0.4) is 0 Å². The number of hydrogen-bond acceptors (Lipinski definition) is 2. The summed E-state index contributed by atoms with van der Waals surface area (Å²) in [6.45, 7) is 2.01. The van der Waals surface area contributed by atoms with Crippen molar-refractivity contribution in [1.29, 1.82) is 0 Å². The minimum Gasteiger partial charge on any atom is -0.357 e. The highest BCUT2D eigenvalue weighted by Gasteiger charge is 2.17. The number of nitrogens with one attached hydrogen (secondary N) is 3. The number of aromatic amines is 3. The molecule has 0 saturated carbocycles. The van der Waals surface area contributed by atoms with Gasteiger partial charge in [-0.1, -0.05) is 18.2 Å². The van der Waals surface area contributed by atoms with E-state index in [0.717, 1.165) is 33.3 Å². The molecular weight excluding hydrogens is 326 g/mol. The molecule has 3 aromatic heterocycles. The van der Waals surface area contributed by atoms with Crippen LogP contribution in [0.5, 0.6) is 0 Å². The fourth-order valence-corrected chi connectivity index (χ4v) is 2.98. The molecule has 0 aliphatic rings. The van der Waals surface area contributed by atoms with E-state index < -0.39 is 0 Å². The number of aromatic nitrogens is 4. The van der Waals surface area contributed by atoms with Crippen LogP contribution in [-0.4, -0.2) is 32.8 Å². The third-order valence-electron chi connectivity index (χ3n) is 4.69. The molecule has 6 nitrogen and oxygen atoms in total. The van der Waals surface area contributed by atoms with E-state index in [-0.39, 0.29) is 11.9 Å². The first-order valence-corrected chi connectivity index (χ1v) is 8.49. The maximum atomic E-state index is 12.6. The van der Waals surface area contributed by atoms with Crippen molar-refractivity contribution in [2.75, 3.05) is 7.05 Å². The molecule has 1 aromatic carbocycles. The molecular formula is C20H20N5O+. The van der Waals surface area contributed by atoms with Crippen molar-refractivity contribution in [1.82, 2.24) is 19.9 Å². The number of fused-ring (bicyclic) bond motifs is 2. The summed E-state index contributed by atoms with van der Waals surface area (Å²) in [5.74, 6) is -0.0608. The number of imidazole rings is 1. The van der Waals surface area contributed by atoms with E-state index in [9.17, 15) is 4.79 Å². The topological polar surface area (TPSA) is 78.9 Å². The Balaban J connectivity index is 1.50. The van der Waals surface area contributed by atoms with E-state index in [1.54, 1.807) is 29.6 Å². The van der Waals surface area contributed by atoms with E-state index in [1.165, 1.54) is 0 Å². The lowest BCUT2D eigenvalue weighted by Crippen LogP contribution is -2.28. The Morgan fingerprint density at radius 3 is 2.96 bits per heavy atom. The molecule has 4 aromatic rings. The lowest BCUT2D eigenvalue weighted by Gasteiger charge is -2.22. The number of carbonyl (C=O) groups excluding carboxylic acids is 1. The first kappa shape index (κ1) is 16.1. The zero-order valence-electron chi connectivity index (χ0n) is 14.7. The Bertz CT molecular complexity index is 1070. The molecule has 0 bridgehead atoms. The van der Waals surface area contributed by atoms with Crippen molar-refractivity contribution in [3.05, 3.63) is 66.3 Å². The Morgan fingerprint density at radius 1 is 1.27 bits per heavy atom. The molecule has 1 atom stereocenters. The summed E-state index contributed by atoms with van der Waals surface area (Å²) in [5.41, 5.74) is 4.65. The van der Waals surface area contributed by atoms with Gasteiger partial charge in [-0.15, -0.1) is 4.98 Å².